The molecule has 270 valence electrons. The van der Waals surface area contributed by atoms with E-state index in [0.29, 0.717) is 35.0 Å². The van der Waals surface area contributed by atoms with E-state index in [1.807, 2.05) is 0 Å². The molecule has 0 aromatic carbocycles. The molecule has 47 heavy (non-hydrogen) atoms. The highest BCUT2D eigenvalue weighted by atomic mass is 16.5. The van der Waals surface area contributed by atoms with Gasteiger partial charge in [-0.05, 0) is 131 Å². The normalized spacial score (nSPS) is 33.4. The average Bonchev–Trinajstić information content (AvgIpc) is 3.39. The van der Waals surface area contributed by atoms with E-state index in [2.05, 4.69) is 59.9 Å². The zero-order chi connectivity index (χ0) is 34.9. The molecule has 8 nitrogen and oxygen atoms in total. The number of allylic oxidation sites excluding steroid dienone is 4. The summed E-state index contributed by atoms with van der Waals surface area (Å²) in [6.07, 6.45) is 15.6. The maximum Gasteiger partial charge on any atom is 0.306 e. The number of rotatable bonds is 14. The van der Waals surface area contributed by atoms with Gasteiger partial charge in [0, 0.05) is 19.5 Å². The van der Waals surface area contributed by atoms with Crippen LogP contribution < -0.4 is 11.1 Å². The Morgan fingerprint density at radius 1 is 1.02 bits per heavy atom. The van der Waals surface area contributed by atoms with Gasteiger partial charge in [0.05, 0.1) is 19.3 Å². The molecule has 4 aliphatic carbocycles. The monoisotopic (exact) mass is 661 g/mol. The summed E-state index contributed by atoms with van der Waals surface area (Å²) in [6.45, 7) is 17.0. The Hall–Kier alpha value is -1.74. The molecule has 4 aliphatic rings. The van der Waals surface area contributed by atoms with Crippen LogP contribution in [0.1, 0.15) is 132 Å². The first-order valence-corrected chi connectivity index (χ1v) is 18.7. The van der Waals surface area contributed by atoms with Gasteiger partial charge in [0.25, 0.3) is 0 Å². The third-order valence-electron chi connectivity index (χ3n) is 13.2. The van der Waals surface area contributed by atoms with Crippen molar-refractivity contribution >= 4 is 11.9 Å². The Morgan fingerprint density at radius 2 is 1.68 bits per heavy atom. The molecule has 9 atom stereocenters. The lowest BCUT2D eigenvalue weighted by molar-refractivity contribution is -0.161. The molecule has 0 aromatic rings. The fourth-order valence-corrected chi connectivity index (χ4v) is 10.4. The number of hydrogen-bond donors (Lipinski definition) is 5. The molecule has 0 aliphatic heterocycles. The molecule has 0 radical (unpaired) electrons. The number of aliphatic carboxylic acids is 1. The first-order valence-electron chi connectivity index (χ1n) is 18.7. The molecule has 6 N–H and O–H groups in total. The second kappa shape index (κ2) is 17.8. The predicted octanol–water partition coefficient (Wildman–Crippen LogP) is 6.99. The van der Waals surface area contributed by atoms with E-state index >= 15 is 0 Å². The van der Waals surface area contributed by atoms with Crippen molar-refractivity contribution in [1.82, 2.24) is 5.32 Å². The highest BCUT2D eigenvalue weighted by Gasteiger charge is 2.59. The Labute approximate surface area is 285 Å². The van der Waals surface area contributed by atoms with Gasteiger partial charge in [-0.1, -0.05) is 57.4 Å². The summed E-state index contributed by atoms with van der Waals surface area (Å²) in [5.74, 6) is 2.86. The minimum absolute atomic E-state index is 0.0280. The van der Waals surface area contributed by atoms with E-state index in [4.69, 9.17) is 25.8 Å². The molecule has 0 saturated heterocycles. The molecule has 9 unspecified atom stereocenters. The van der Waals surface area contributed by atoms with Crippen LogP contribution in [0.4, 0.5) is 0 Å². The first-order chi connectivity index (χ1) is 22.3. The number of nitrogens with two attached hydrogens (primary N) is 1. The van der Waals surface area contributed by atoms with Gasteiger partial charge < -0.3 is 25.8 Å². The summed E-state index contributed by atoms with van der Waals surface area (Å²) in [7, 11) is 0. The fourth-order valence-electron chi connectivity index (χ4n) is 10.4. The molecule has 0 amide bonds. The third kappa shape index (κ3) is 9.29. The number of hydrogen-bond acceptors (Lipinski definition) is 7. The van der Waals surface area contributed by atoms with Crippen molar-refractivity contribution < 1.29 is 29.6 Å². The van der Waals surface area contributed by atoms with E-state index in [0.717, 1.165) is 37.0 Å². The molecule has 0 aromatic heterocycles. The van der Waals surface area contributed by atoms with E-state index in [1.165, 1.54) is 50.5 Å². The van der Waals surface area contributed by atoms with Gasteiger partial charge in [-0.2, -0.15) is 0 Å². The lowest BCUT2D eigenvalue weighted by Gasteiger charge is -2.59. The number of carbonyl (C=O) groups excluding carboxylic acids is 1. The lowest BCUT2D eigenvalue weighted by atomic mass is 9.46. The van der Waals surface area contributed by atoms with Crippen LogP contribution in [-0.2, 0) is 14.3 Å². The Balaban J connectivity index is 0.000000665. The quantitative estimate of drug-likeness (QED) is 0.0763. The van der Waals surface area contributed by atoms with Crippen molar-refractivity contribution in [1.29, 1.82) is 0 Å². The van der Waals surface area contributed by atoms with Crippen LogP contribution in [0.15, 0.2) is 22.8 Å². The van der Waals surface area contributed by atoms with Crippen LogP contribution in [0.5, 0.6) is 0 Å². The Kier molecular flexibility index (Phi) is 15.0. The van der Waals surface area contributed by atoms with Crippen molar-refractivity contribution in [2.75, 3.05) is 19.9 Å². The van der Waals surface area contributed by atoms with Crippen LogP contribution in [0, 0.1) is 46.3 Å². The van der Waals surface area contributed by atoms with E-state index < -0.39 is 5.97 Å². The van der Waals surface area contributed by atoms with Gasteiger partial charge >= 0.3 is 11.9 Å². The molecule has 0 bridgehead atoms. The smallest absolute Gasteiger partial charge is 0.306 e. The number of esters is 1. The van der Waals surface area contributed by atoms with Gasteiger partial charge in [-0.15, -0.1) is 0 Å². The van der Waals surface area contributed by atoms with Gasteiger partial charge in [-0.3, -0.25) is 14.9 Å². The minimum atomic E-state index is -0.851. The van der Waals surface area contributed by atoms with E-state index in [1.54, 1.807) is 11.1 Å². The number of carbonyl (C=O) groups is 2. The van der Waals surface area contributed by atoms with Crippen molar-refractivity contribution in [2.45, 2.75) is 144 Å². The van der Waals surface area contributed by atoms with Crippen molar-refractivity contribution in [2.24, 2.45) is 52.1 Å². The second-order valence-electron chi connectivity index (χ2n) is 16.0. The standard InChI is InChI=1S/C35H56O4.C4H12N2O2/c1-8-25(22(2)3)13-12-23(4)27-16-17-29-26-14-15-28-24(5)31(39-33(38)11-9-10-32(36)37)19-21-35(28,7)30(26)18-20-34(27,29)6;5-3-6-4(1-7)2-8/h14,23-24,27-31H,8-13,15-21H2,1-7H3,(H,36,37);4,6-8H,1-3,5H2. The number of nitrogens with one attached hydrogen (secondary N) is 1. The summed E-state index contributed by atoms with van der Waals surface area (Å²) in [5, 5.41) is 28.3. The van der Waals surface area contributed by atoms with Gasteiger partial charge in [0.15, 0.2) is 0 Å². The zero-order valence-corrected chi connectivity index (χ0v) is 30.7. The summed E-state index contributed by atoms with van der Waals surface area (Å²) in [4.78, 5) is 23.3. The van der Waals surface area contributed by atoms with Crippen LogP contribution in [0.2, 0.25) is 0 Å². The predicted molar refractivity (Wildman–Crippen MR) is 188 cm³/mol. The van der Waals surface area contributed by atoms with Crippen molar-refractivity contribution in [3.8, 4) is 0 Å². The highest BCUT2D eigenvalue weighted by molar-refractivity contribution is 5.71. The van der Waals surface area contributed by atoms with Crippen LogP contribution in [-0.4, -0.2) is 59.3 Å². The highest BCUT2D eigenvalue weighted by Crippen LogP contribution is 2.67. The van der Waals surface area contributed by atoms with Crippen LogP contribution in [0.25, 0.3) is 0 Å². The van der Waals surface area contributed by atoms with Crippen LogP contribution >= 0.6 is 0 Å². The van der Waals surface area contributed by atoms with Crippen molar-refractivity contribution in [3.63, 3.8) is 0 Å². The number of fused-ring (bicyclic) bond motifs is 5. The average molecular weight is 661 g/mol. The zero-order valence-electron chi connectivity index (χ0n) is 30.7. The lowest BCUT2D eigenvalue weighted by Crippen LogP contribution is -2.53. The third-order valence-corrected chi connectivity index (χ3v) is 13.2. The summed E-state index contributed by atoms with van der Waals surface area (Å²) < 4.78 is 5.95. The van der Waals surface area contributed by atoms with E-state index in [9.17, 15) is 9.59 Å². The molecular formula is C39H68N2O6. The molecule has 3 fully saturated rings. The fraction of sp³-hybridized carbons (Fsp3) is 0.846. The van der Waals surface area contributed by atoms with Crippen LogP contribution in [0.3, 0.4) is 0 Å². The van der Waals surface area contributed by atoms with Gasteiger partial charge in [0.1, 0.15) is 6.10 Å². The topological polar surface area (TPSA) is 142 Å². The number of ether oxygens (including phenoxy) is 1. The van der Waals surface area contributed by atoms with Crippen molar-refractivity contribution in [3.05, 3.63) is 22.8 Å². The maximum atomic E-state index is 12.5. The number of carboxylic acids is 1. The van der Waals surface area contributed by atoms with Gasteiger partial charge in [0.2, 0.25) is 0 Å². The number of aliphatic hydroxyl groups excluding tert-OH is 2. The number of aliphatic hydroxyl groups is 2. The molecular weight excluding hydrogens is 592 g/mol. The van der Waals surface area contributed by atoms with Gasteiger partial charge in [-0.25, -0.2) is 0 Å². The Morgan fingerprint density at radius 3 is 2.26 bits per heavy atom. The minimum Gasteiger partial charge on any atom is -0.481 e. The molecule has 3 saturated carbocycles. The summed E-state index contributed by atoms with van der Waals surface area (Å²) in [5.41, 5.74) is 10.8. The molecule has 0 heterocycles. The molecule has 0 spiro atoms. The summed E-state index contributed by atoms with van der Waals surface area (Å²) >= 11 is 0. The first kappa shape index (κ1) is 39.7. The maximum absolute atomic E-state index is 12.5. The largest absolute Gasteiger partial charge is 0.481 e. The van der Waals surface area contributed by atoms with E-state index in [-0.39, 0.29) is 50.8 Å². The molecule has 8 heteroatoms. The Bertz CT molecular complexity index is 1100. The second-order valence-corrected chi connectivity index (χ2v) is 16.0. The molecule has 4 rings (SSSR count). The number of carboxylic acid groups (broad SMARTS) is 1. The summed E-state index contributed by atoms with van der Waals surface area (Å²) in [6, 6.07) is -0.264. The SMILES string of the molecule is CCC(CCC(C)C1CCC2C3=CCC4C(C)C(OC(=O)CCCC(=O)O)CCC4(C)C3CCC21C)=C(C)C.NCNC(CO)CO.